The van der Waals surface area contributed by atoms with Crippen molar-refractivity contribution in [1.82, 2.24) is 9.97 Å². The fourth-order valence-corrected chi connectivity index (χ4v) is 1.61. The van der Waals surface area contributed by atoms with Gasteiger partial charge >= 0.3 is 0 Å². The highest BCUT2D eigenvalue weighted by molar-refractivity contribution is 5.81. The first kappa shape index (κ1) is 9.13. The number of pyridine rings is 2. The predicted octanol–water partition coefficient (Wildman–Crippen LogP) is 3.06. The van der Waals surface area contributed by atoms with Gasteiger partial charge in [-0.1, -0.05) is 13.8 Å². The molecule has 0 N–H and O–H groups in total. The van der Waals surface area contributed by atoms with E-state index in [4.69, 9.17) is 0 Å². The van der Waals surface area contributed by atoms with E-state index < -0.39 is 0 Å². The number of nitrogens with zero attached hydrogens (tertiary/aromatic N) is 2. The van der Waals surface area contributed by atoms with Gasteiger partial charge in [0.05, 0.1) is 11.2 Å². The Balaban J connectivity index is 2.75. The van der Waals surface area contributed by atoms with E-state index >= 15 is 0 Å². The third-order valence-corrected chi connectivity index (χ3v) is 2.31. The Labute approximate surface area is 84.0 Å². The number of rotatable bonds is 1. The molecule has 0 fully saturated rings. The maximum atomic E-state index is 4.44. The molecule has 0 aromatic carbocycles. The van der Waals surface area contributed by atoms with Gasteiger partial charge in [0.15, 0.2) is 0 Å². The minimum absolute atomic E-state index is 0.425. The van der Waals surface area contributed by atoms with Crippen molar-refractivity contribution in [3.63, 3.8) is 0 Å². The third kappa shape index (κ3) is 1.48. The van der Waals surface area contributed by atoms with Gasteiger partial charge in [0.25, 0.3) is 0 Å². The molecule has 0 aliphatic carbocycles. The second-order valence-electron chi connectivity index (χ2n) is 3.94. The molecular weight excluding hydrogens is 172 g/mol. The van der Waals surface area contributed by atoms with Crippen LogP contribution >= 0.6 is 0 Å². The highest BCUT2D eigenvalue weighted by Gasteiger charge is 2.06. The quantitative estimate of drug-likeness (QED) is 0.684. The largest absolute Gasteiger partial charge is 0.259 e. The number of hydrogen-bond donors (Lipinski definition) is 0. The van der Waals surface area contributed by atoms with Crippen molar-refractivity contribution in [2.45, 2.75) is 26.7 Å². The molecule has 0 bridgehead atoms. The summed E-state index contributed by atoms with van der Waals surface area (Å²) in [5, 5.41) is 1.18. The zero-order valence-electron chi connectivity index (χ0n) is 8.78. The van der Waals surface area contributed by atoms with Crippen molar-refractivity contribution >= 4 is 10.9 Å². The summed E-state index contributed by atoms with van der Waals surface area (Å²) in [7, 11) is 0. The minimum Gasteiger partial charge on any atom is -0.259 e. The fraction of sp³-hybridized carbons (Fsp3) is 0.333. The van der Waals surface area contributed by atoms with Crippen LogP contribution in [0.3, 0.4) is 0 Å². The summed E-state index contributed by atoms with van der Waals surface area (Å²) < 4.78 is 0. The number of aromatic nitrogens is 2. The summed E-state index contributed by atoms with van der Waals surface area (Å²) in [6.45, 7) is 6.34. The number of fused-ring (bicyclic) bond motifs is 1. The topological polar surface area (TPSA) is 25.8 Å². The number of hydrogen-bond acceptors (Lipinski definition) is 2. The second-order valence-corrected chi connectivity index (χ2v) is 3.94. The lowest BCUT2D eigenvalue weighted by atomic mass is 10.1. The lowest BCUT2D eigenvalue weighted by molar-refractivity contribution is 0.830. The van der Waals surface area contributed by atoms with Crippen LogP contribution in [0.1, 0.15) is 31.0 Å². The Morgan fingerprint density at radius 1 is 1.21 bits per heavy atom. The molecule has 2 heterocycles. The van der Waals surface area contributed by atoms with Crippen molar-refractivity contribution in [2.24, 2.45) is 0 Å². The van der Waals surface area contributed by atoms with Gasteiger partial charge in [0.2, 0.25) is 0 Å². The van der Waals surface area contributed by atoms with E-state index in [1.165, 1.54) is 10.9 Å². The van der Waals surface area contributed by atoms with Crippen molar-refractivity contribution in [1.29, 1.82) is 0 Å². The Bertz CT molecular complexity index is 461. The van der Waals surface area contributed by atoms with Crippen LogP contribution in [0, 0.1) is 6.92 Å². The van der Waals surface area contributed by atoms with Crippen LogP contribution in [0.25, 0.3) is 10.9 Å². The summed E-state index contributed by atoms with van der Waals surface area (Å²) in [6, 6.07) is 4.16. The van der Waals surface area contributed by atoms with Crippen molar-refractivity contribution in [3.05, 3.63) is 35.8 Å². The van der Waals surface area contributed by atoms with Gasteiger partial charge in [-0.15, -0.1) is 0 Å². The van der Waals surface area contributed by atoms with Crippen LogP contribution in [0.4, 0.5) is 0 Å². The van der Waals surface area contributed by atoms with E-state index in [0.717, 1.165) is 11.2 Å². The Morgan fingerprint density at radius 2 is 2.00 bits per heavy atom. The molecule has 0 radical (unpaired) electrons. The average molecular weight is 186 g/mol. The average Bonchev–Trinajstić information content (AvgIpc) is 2.16. The van der Waals surface area contributed by atoms with Crippen molar-refractivity contribution in [3.8, 4) is 0 Å². The van der Waals surface area contributed by atoms with Gasteiger partial charge in [0, 0.05) is 17.8 Å². The van der Waals surface area contributed by atoms with E-state index in [0.29, 0.717) is 5.92 Å². The molecule has 2 aromatic rings. The lowest BCUT2D eigenvalue weighted by Crippen LogP contribution is -1.95. The Morgan fingerprint density at radius 3 is 2.71 bits per heavy atom. The maximum absolute atomic E-state index is 4.44. The van der Waals surface area contributed by atoms with E-state index in [2.05, 4.69) is 36.8 Å². The molecule has 2 nitrogen and oxygen atoms in total. The molecule has 14 heavy (non-hydrogen) atoms. The summed E-state index contributed by atoms with van der Waals surface area (Å²) in [5.74, 6) is 0.425. The monoisotopic (exact) mass is 186 g/mol. The normalized spacial score (nSPS) is 11.1. The minimum atomic E-state index is 0.425. The molecule has 2 heteroatoms. The van der Waals surface area contributed by atoms with Crippen LogP contribution in [-0.2, 0) is 0 Å². The standard InChI is InChI=1S/C12H14N2/c1-8(2)11-12-10(4-5-13-11)6-9(3)7-14-12/h4-8H,1-3H3. The summed E-state index contributed by atoms with van der Waals surface area (Å²) in [4.78, 5) is 8.81. The van der Waals surface area contributed by atoms with E-state index in [-0.39, 0.29) is 0 Å². The molecular formula is C12H14N2. The Hall–Kier alpha value is -1.44. The first-order valence-electron chi connectivity index (χ1n) is 4.90. The molecule has 0 amide bonds. The van der Waals surface area contributed by atoms with Gasteiger partial charge in [-0.25, -0.2) is 0 Å². The van der Waals surface area contributed by atoms with Gasteiger partial charge in [-0.3, -0.25) is 9.97 Å². The number of aryl methyl sites for hydroxylation is 1. The molecule has 0 atom stereocenters. The first-order chi connectivity index (χ1) is 6.68. The molecule has 0 saturated heterocycles. The van der Waals surface area contributed by atoms with Crippen LogP contribution in [0.5, 0.6) is 0 Å². The second kappa shape index (κ2) is 3.37. The lowest BCUT2D eigenvalue weighted by Gasteiger charge is -2.07. The van der Waals surface area contributed by atoms with Crippen LogP contribution in [0.2, 0.25) is 0 Å². The third-order valence-electron chi connectivity index (χ3n) is 2.31. The van der Waals surface area contributed by atoms with E-state index in [1.54, 1.807) is 0 Å². The molecule has 0 spiro atoms. The van der Waals surface area contributed by atoms with Crippen LogP contribution < -0.4 is 0 Å². The smallest absolute Gasteiger partial charge is 0.0920 e. The fourth-order valence-electron chi connectivity index (χ4n) is 1.61. The first-order valence-corrected chi connectivity index (χ1v) is 4.90. The molecule has 0 saturated carbocycles. The molecule has 0 unspecified atom stereocenters. The van der Waals surface area contributed by atoms with Crippen molar-refractivity contribution < 1.29 is 0 Å². The zero-order chi connectivity index (χ0) is 10.1. The van der Waals surface area contributed by atoms with E-state index in [1.807, 2.05) is 18.5 Å². The summed E-state index contributed by atoms with van der Waals surface area (Å²) in [6.07, 6.45) is 3.76. The van der Waals surface area contributed by atoms with Gasteiger partial charge in [-0.2, -0.15) is 0 Å². The molecule has 0 aliphatic rings. The van der Waals surface area contributed by atoms with Gasteiger partial charge in [-0.05, 0) is 30.5 Å². The summed E-state index contributed by atoms with van der Waals surface area (Å²) >= 11 is 0. The Kier molecular flexibility index (Phi) is 2.20. The van der Waals surface area contributed by atoms with E-state index in [9.17, 15) is 0 Å². The molecule has 2 rings (SSSR count). The summed E-state index contributed by atoms with van der Waals surface area (Å²) in [5.41, 5.74) is 3.31. The van der Waals surface area contributed by atoms with Crippen LogP contribution in [-0.4, -0.2) is 9.97 Å². The van der Waals surface area contributed by atoms with Gasteiger partial charge in [0.1, 0.15) is 0 Å². The zero-order valence-corrected chi connectivity index (χ0v) is 8.78. The van der Waals surface area contributed by atoms with Crippen molar-refractivity contribution in [2.75, 3.05) is 0 Å². The van der Waals surface area contributed by atoms with Gasteiger partial charge < -0.3 is 0 Å². The molecule has 2 aromatic heterocycles. The maximum Gasteiger partial charge on any atom is 0.0920 e. The molecule has 0 aliphatic heterocycles. The highest BCUT2D eigenvalue weighted by Crippen LogP contribution is 2.21. The molecule has 72 valence electrons. The predicted molar refractivity (Wildman–Crippen MR) is 58.4 cm³/mol. The highest BCUT2D eigenvalue weighted by atomic mass is 14.8. The SMILES string of the molecule is Cc1cnc2c(C(C)C)nccc2c1. The van der Waals surface area contributed by atoms with Crippen LogP contribution in [0.15, 0.2) is 24.5 Å².